The summed E-state index contributed by atoms with van der Waals surface area (Å²) < 4.78 is 27.8. The highest BCUT2D eigenvalue weighted by Gasteiger charge is 2.18. The molecule has 0 saturated heterocycles. The van der Waals surface area contributed by atoms with Gasteiger partial charge in [-0.25, -0.2) is 13.5 Å². The van der Waals surface area contributed by atoms with Crippen LogP contribution in [0.5, 0.6) is 0 Å². The maximum atomic E-state index is 12.5. The van der Waals surface area contributed by atoms with Crippen LogP contribution in [0.3, 0.4) is 0 Å². The summed E-state index contributed by atoms with van der Waals surface area (Å²) in [5.41, 5.74) is 2.43. The number of aromatic amines is 1. The Balaban J connectivity index is 1.87. The molecule has 124 valence electrons. The predicted octanol–water partition coefficient (Wildman–Crippen LogP) is 2.86. The number of hydrogen-bond donors (Lipinski definition) is 2. The van der Waals surface area contributed by atoms with Crippen LogP contribution >= 0.6 is 11.3 Å². The van der Waals surface area contributed by atoms with Crippen LogP contribution < -0.4 is 10.3 Å². The van der Waals surface area contributed by atoms with Crippen LogP contribution in [0.25, 0.3) is 11.3 Å². The second kappa shape index (κ2) is 6.58. The van der Waals surface area contributed by atoms with E-state index in [4.69, 9.17) is 0 Å². The molecule has 2 heterocycles. The Kier molecular flexibility index (Phi) is 4.50. The fraction of sp³-hybridized carbons (Fsp3) is 0.125. The van der Waals surface area contributed by atoms with Gasteiger partial charge in [-0.2, -0.15) is 5.10 Å². The summed E-state index contributed by atoms with van der Waals surface area (Å²) in [6.45, 7) is 2.01. The van der Waals surface area contributed by atoms with Gasteiger partial charge in [0.25, 0.3) is 15.6 Å². The monoisotopic (exact) mass is 361 g/mol. The Morgan fingerprint density at radius 3 is 2.75 bits per heavy atom. The zero-order valence-electron chi connectivity index (χ0n) is 12.8. The van der Waals surface area contributed by atoms with E-state index >= 15 is 0 Å². The molecule has 2 aromatic heterocycles. The standard InChI is InChI=1S/C16H15N3O3S2/c1-2-11-4-3-5-13(8-11)19-24(21,22)16-9-12(10-23-16)14-6-7-15(20)18-17-14/h3-10,19H,2H2,1H3,(H,18,20). The third kappa shape index (κ3) is 3.55. The number of anilines is 1. The number of aryl methyl sites for hydroxylation is 1. The second-order valence-electron chi connectivity index (χ2n) is 5.12. The summed E-state index contributed by atoms with van der Waals surface area (Å²) in [5, 5.41) is 7.93. The fourth-order valence-corrected chi connectivity index (χ4v) is 4.38. The van der Waals surface area contributed by atoms with Crippen molar-refractivity contribution in [2.45, 2.75) is 17.6 Å². The Morgan fingerprint density at radius 2 is 2.04 bits per heavy atom. The first-order valence-electron chi connectivity index (χ1n) is 7.24. The van der Waals surface area contributed by atoms with Crippen molar-refractivity contribution in [1.82, 2.24) is 10.2 Å². The SMILES string of the molecule is CCc1cccc(NS(=O)(=O)c2cc(-c3ccc(=O)[nH]n3)cs2)c1. The smallest absolute Gasteiger partial charge is 0.271 e. The minimum atomic E-state index is -3.66. The van der Waals surface area contributed by atoms with Crippen LogP contribution in [-0.2, 0) is 16.4 Å². The number of benzene rings is 1. The van der Waals surface area contributed by atoms with Crippen LogP contribution in [0.15, 0.2) is 56.8 Å². The van der Waals surface area contributed by atoms with E-state index in [-0.39, 0.29) is 9.77 Å². The Labute approximate surface area is 143 Å². The third-order valence-electron chi connectivity index (χ3n) is 3.40. The van der Waals surface area contributed by atoms with Gasteiger partial charge in [-0.1, -0.05) is 19.1 Å². The van der Waals surface area contributed by atoms with Crippen LogP contribution in [-0.4, -0.2) is 18.6 Å². The van der Waals surface area contributed by atoms with Gasteiger partial charge in [-0.15, -0.1) is 11.3 Å². The van der Waals surface area contributed by atoms with Gasteiger partial charge in [0.1, 0.15) is 4.21 Å². The molecule has 0 aliphatic rings. The molecular weight excluding hydrogens is 346 g/mol. The van der Waals surface area contributed by atoms with Gasteiger partial charge < -0.3 is 0 Å². The molecule has 0 aliphatic heterocycles. The minimum absolute atomic E-state index is 0.187. The van der Waals surface area contributed by atoms with Crippen molar-refractivity contribution in [3.63, 3.8) is 0 Å². The largest absolute Gasteiger partial charge is 0.279 e. The van der Waals surface area contributed by atoms with E-state index in [2.05, 4.69) is 14.9 Å². The number of rotatable bonds is 5. The van der Waals surface area contributed by atoms with Crippen LogP contribution in [0.2, 0.25) is 0 Å². The lowest BCUT2D eigenvalue weighted by atomic mass is 10.1. The highest BCUT2D eigenvalue weighted by molar-refractivity contribution is 7.94. The second-order valence-corrected chi connectivity index (χ2v) is 7.94. The van der Waals surface area contributed by atoms with E-state index in [0.29, 0.717) is 16.9 Å². The summed E-state index contributed by atoms with van der Waals surface area (Å²) in [4.78, 5) is 11.1. The molecule has 0 radical (unpaired) electrons. The number of H-pyrrole nitrogens is 1. The number of thiophene rings is 1. The van der Waals surface area contributed by atoms with E-state index in [1.165, 1.54) is 12.1 Å². The highest BCUT2D eigenvalue weighted by atomic mass is 32.2. The molecule has 0 unspecified atom stereocenters. The molecule has 1 aromatic carbocycles. The molecule has 0 saturated carbocycles. The number of nitrogens with one attached hydrogen (secondary N) is 2. The topological polar surface area (TPSA) is 91.9 Å². The predicted molar refractivity (Wildman–Crippen MR) is 94.8 cm³/mol. The fourth-order valence-electron chi connectivity index (χ4n) is 2.16. The first-order valence-corrected chi connectivity index (χ1v) is 9.60. The van der Waals surface area contributed by atoms with E-state index in [1.807, 2.05) is 25.1 Å². The Morgan fingerprint density at radius 1 is 1.21 bits per heavy atom. The first kappa shape index (κ1) is 16.4. The molecular formula is C16H15N3O3S2. The van der Waals surface area contributed by atoms with Gasteiger partial charge >= 0.3 is 0 Å². The Bertz CT molecular complexity index is 1000. The van der Waals surface area contributed by atoms with Gasteiger partial charge in [0.2, 0.25) is 0 Å². The molecule has 3 rings (SSSR count). The van der Waals surface area contributed by atoms with Crippen molar-refractivity contribution < 1.29 is 8.42 Å². The molecule has 0 atom stereocenters. The summed E-state index contributed by atoms with van der Waals surface area (Å²) in [7, 11) is -3.66. The average molecular weight is 361 g/mol. The lowest BCUT2D eigenvalue weighted by Gasteiger charge is -2.07. The Hall–Kier alpha value is -2.45. The summed E-state index contributed by atoms with van der Waals surface area (Å²) in [5.74, 6) is 0. The zero-order chi connectivity index (χ0) is 17.2. The van der Waals surface area contributed by atoms with Crippen LogP contribution in [0.4, 0.5) is 5.69 Å². The molecule has 0 fully saturated rings. The number of sulfonamides is 1. The molecule has 6 nitrogen and oxygen atoms in total. The summed E-state index contributed by atoms with van der Waals surface area (Å²) in [6.07, 6.45) is 0.830. The highest BCUT2D eigenvalue weighted by Crippen LogP contribution is 2.28. The molecule has 0 spiro atoms. The van der Waals surface area contributed by atoms with Gasteiger partial charge in [0, 0.05) is 22.7 Å². The first-order chi connectivity index (χ1) is 11.5. The molecule has 8 heteroatoms. The molecule has 0 bridgehead atoms. The van der Waals surface area contributed by atoms with Crippen molar-refractivity contribution in [3.8, 4) is 11.3 Å². The lowest BCUT2D eigenvalue weighted by molar-refractivity contribution is 0.603. The molecule has 0 amide bonds. The zero-order valence-corrected chi connectivity index (χ0v) is 14.4. The third-order valence-corrected chi connectivity index (χ3v) is 6.22. The maximum absolute atomic E-state index is 12.5. The molecule has 3 aromatic rings. The van der Waals surface area contributed by atoms with E-state index in [1.54, 1.807) is 17.5 Å². The van der Waals surface area contributed by atoms with Crippen molar-refractivity contribution in [1.29, 1.82) is 0 Å². The number of hydrogen-bond acceptors (Lipinski definition) is 5. The minimum Gasteiger partial charge on any atom is -0.279 e. The van der Waals surface area contributed by atoms with Gasteiger partial charge in [-0.05, 0) is 36.2 Å². The summed E-state index contributed by atoms with van der Waals surface area (Å²) >= 11 is 1.10. The van der Waals surface area contributed by atoms with E-state index in [0.717, 1.165) is 23.3 Å². The van der Waals surface area contributed by atoms with Gasteiger partial charge in [-0.3, -0.25) is 9.52 Å². The van der Waals surface area contributed by atoms with Crippen LogP contribution in [0, 0.1) is 0 Å². The quantitative estimate of drug-likeness (QED) is 0.731. The van der Waals surface area contributed by atoms with Crippen molar-refractivity contribution in [2.75, 3.05) is 4.72 Å². The molecule has 2 N–H and O–H groups in total. The summed E-state index contributed by atoms with van der Waals surface area (Å²) in [6, 6.07) is 11.7. The van der Waals surface area contributed by atoms with Crippen molar-refractivity contribution in [2.24, 2.45) is 0 Å². The van der Waals surface area contributed by atoms with Crippen molar-refractivity contribution >= 4 is 27.0 Å². The number of nitrogens with zero attached hydrogens (tertiary/aromatic N) is 1. The normalized spacial score (nSPS) is 11.4. The van der Waals surface area contributed by atoms with Gasteiger partial charge in [0.05, 0.1) is 5.69 Å². The van der Waals surface area contributed by atoms with Crippen molar-refractivity contribution in [3.05, 3.63) is 63.8 Å². The number of aromatic nitrogens is 2. The van der Waals surface area contributed by atoms with Gasteiger partial charge in [0.15, 0.2) is 0 Å². The van der Waals surface area contributed by atoms with E-state index < -0.39 is 10.0 Å². The lowest BCUT2D eigenvalue weighted by Crippen LogP contribution is -2.11. The van der Waals surface area contributed by atoms with E-state index in [9.17, 15) is 13.2 Å². The molecule has 24 heavy (non-hydrogen) atoms. The maximum Gasteiger partial charge on any atom is 0.271 e. The van der Waals surface area contributed by atoms with Crippen LogP contribution in [0.1, 0.15) is 12.5 Å². The average Bonchev–Trinajstić information content (AvgIpc) is 3.06. The molecule has 0 aliphatic carbocycles.